The number of rotatable bonds is 6. The average molecular weight is 367 g/mol. The zero-order chi connectivity index (χ0) is 19.4. The fourth-order valence-corrected chi connectivity index (χ4v) is 2.74. The molecule has 0 unspecified atom stereocenters. The predicted molar refractivity (Wildman–Crippen MR) is 100 cm³/mol. The van der Waals surface area contributed by atoms with Crippen molar-refractivity contribution in [3.63, 3.8) is 0 Å². The molecule has 0 aliphatic rings. The van der Waals surface area contributed by atoms with Gasteiger partial charge in [0, 0.05) is 30.8 Å². The van der Waals surface area contributed by atoms with E-state index in [-0.39, 0.29) is 30.1 Å². The Morgan fingerprint density at radius 2 is 2.00 bits per heavy atom. The van der Waals surface area contributed by atoms with E-state index in [1.165, 1.54) is 0 Å². The Hall–Kier alpha value is -3.29. The third-order valence-corrected chi connectivity index (χ3v) is 4.14. The molecule has 0 aromatic carbocycles. The Balaban J connectivity index is 1.66. The van der Waals surface area contributed by atoms with Gasteiger partial charge in [-0.25, -0.2) is 4.98 Å². The summed E-state index contributed by atoms with van der Waals surface area (Å²) < 4.78 is 6.84. The van der Waals surface area contributed by atoms with Crippen molar-refractivity contribution in [3.8, 4) is 11.4 Å². The zero-order valence-corrected chi connectivity index (χ0v) is 15.5. The number of pyridine rings is 2. The van der Waals surface area contributed by atoms with Crippen LogP contribution < -0.4 is 10.9 Å². The van der Waals surface area contributed by atoms with Crippen molar-refractivity contribution in [3.05, 3.63) is 58.0 Å². The van der Waals surface area contributed by atoms with Crippen LogP contribution in [0.2, 0.25) is 0 Å². The highest BCUT2D eigenvalue weighted by molar-refractivity contribution is 5.89. The maximum Gasteiger partial charge on any atom is 0.261 e. The predicted octanol–water partition coefficient (Wildman–Crippen LogP) is 2.50. The fraction of sp³-hybridized carbons (Fsp3) is 0.316. The van der Waals surface area contributed by atoms with E-state index >= 15 is 0 Å². The van der Waals surface area contributed by atoms with Crippen molar-refractivity contribution in [1.29, 1.82) is 0 Å². The largest absolute Gasteiger partial charge is 0.339 e. The van der Waals surface area contributed by atoms with Crippen molar-refractivity contribution in [2.45, 2.75) is 40.2 Å². The average Bonchev–Trinajstić information content (AvgIpc) is 3.09. The van der Waals surface area contributed by atoms with E-state index in [1.54, 1.807) is 16.7 Å². The van der Waals surface area contributed by atoms with Crippen LogP contribution in [0.25, 0.3) is 11.4 Å². The van der Waals surface area contributed by atoms with Gasteiger partial charge in [0.2, 0.25) is 17.6 Å². The van der Waals surface area contributed by atoms with Crippen LogP contribution in [-0.2, 0) is 17.8 Å². The summed E-state index contributed by atoms with van der Waals surface area (Å²) in [6.45, 7) is 6.20. The summed E-state index contributed by atoms with van der Waals surface area (Å²) in [7, 11) is 0. The summed E-state index contributed by atoms with van der Waals surface area (Å²) in [5, 5.41) is 6.61. The van der Waals surface area contributed by atoms with Gasteiger partial charge in [-0.2, -0.15) is 4.98 Å². The molecule has 0 saturated carbocycles. The summed E-state index contributed by atoms with van der Waals surface area (Å²) in [6, 6.07) is 8.94. The minimum Gasteiger partial charge on any atom is -0.339 e. The van der Waals surface area contributed by atoms with E-state index in [2.05, 4.69) is 20.4 Å². The first-order valence-corrected chi connectivity index (χ1v) is 8.75. The highest BCUT2D eigenvalue weighted by Crippen LogP contribution is 2.13. The molecule has 0 bridgehead atoms. The van der Waals surface area contributed by atoms with Crippen molar-refractivity contribution in [2.24, 2.45) is 0 Å². The van der Waals surface area contributed by atoms with Gasteiger partial charge in [-0.05, 0) is 45.0 Å². The van der Waals surface area contributed by atoms with E-state index in [0.29, 0.717) is 23.8 Å². The minimum atomic E-state index is -0.198. The Labute approximate surface area is 156 Å². The third-order valence-electron chi connectivity index (χ3n) is 4.14. The Morgan fingerprint density at radius 1 is 1.19 bits per heavy atom. The molecule has 27 heavy (non-hydrogen) atoms. The molecule has 0 fully saturated rings. The van der Waals surface area contributed by atoms with Crippen molar-refractivity contribution in [2.75, 3.05) is 5.32 Å². The first-order valence-electron chi connectivity index (χ1n) is 8.75. The number of hydrogen-bond donors (Lipinski definition) is 1. The van der Waals surface area contributed by atoms with Gasteiger partial charge in [-0.3, -0.25) is 9.59 Å². The number of aryl methyl sites for hydroxylation is 3. The van der Waals surface area contributed by atoms with Crippen molar-refractivity contribution < 1.29 is 9.32 Å². The number of hydrogen-bond acceptors (Lipinski definition) is 6. The molecule has 3 aromatic heterocycles. The highest BCUT2D eigenvalue weighted by Gasteiger charge is 2.15. The van der Waals surface area contributed by atoms with E-state index < -0.39 is 0 Å². The van der Waals surface area contributed by atoms with Crippen LogP contribution in [-0.4, -0.2) is 25.6 Å². The maximum atomic E-state index is 12.5. The molecule has 0 atom stereocenters. The number of nitrogens with one attached hydrogen (secondary N) is 1. The molecule has 0 aliphatic heterocycles. The molecule has 8 heteroatoms. The van der Waals surface area contributed by atoms with Crippen LogP contribution in [0.5, 0.6) is 0 Å². The fourth-order valence-electron chi connectivity index (χ4n) is 2.74. The molecular weight excluding hydrogens is 346 g/mol. The lowest BCUT2D eigenvalue weighted by molar-refractivity contribution is -0.116. The second-order valence-corrected chi connectivity index (χ2v) is 6.16. The molecular formula is C19H21N5O3. The van der Waals surface area contributed by atoms with Crippen LogP contribution >= 0.6 is 0 Å². The smallest absolute Gasteiger partial charge is 0.261 e. The lowest BCUT2D eigenvalue weighted by Crippen LogP contribution is -2.23. The van der Waals surface area contributed by atoms with Gasteiger partial charge in [0.25, 0.3) is 5.56 Å². The number of carbonyl (C=O) groups is 1. The summed E-state index contributed by atoms with van der Waals surface area (Å²) in [5.74, 6) is 0.848. The normalized spacial score (nSPS) is 10.8. The number of amides is 1. The second-order valence-electron chi connectivity index (χ2n) is 6.16. The van der Waals surface area contributed by atoms with Gasteiger partial charge in [-0.15, -0.1) is 0 Å². The van der Waals surface area contributed by atoms with E-state index in [0.717, 1.165) is 11.4 Å². The first-order chi connectivity index (χ1) is 13.0. The second kappa shape index (κ2) is 7.94. The Kier molecular flexibility index (Phi) is 5.44. The zero-order valence-electron chi connectivity index (χ0n) is 15.5. The highest BCUT2D eigenvalue weighted by atomic mass is 16.5. The van der Waals surface area contributed by atoms with E-state index in [9.17, 15) is 9.59 Å². The Bertz CT molecular complexity index is 1020. The van der Waals surface area contributed by atoms with Gasteiger partial charge < -0.3 is 14.4 Å². The monoisotopic (exact) mass is 367 g/mol. The molecule has 1 amide bonds. The minimum absolute atomic E-state index is 0.159. The molecule has 140 valence electrons. The van der Waals surface area contributed by atoms with Crippen molar-refractivity contribution in [1.82, 2.24) is 19.7 Å². The quantitative estimate of drug-likeness (QED) is 0.718. The number of anilines is 1. The van der Waals surface area contributed by atoms with Crippen LogP contribution in [0.1, 0.15) is 30.6 Å². The lowest BCUT2D eigenvalue weighted by atomic mass is 10.2. The third kappa shape index (κ3) is 4.28. The topological polar surface area (TPSA) is 103 Å². The lowest BCUT2D eigenvalue weighted by Gasteiger charge is -2.07. The number of aromatic nitrogens is 4. The standard InChI is InChI=1S/C19H21N5O3/c1-4-24-13(3)8-9-14(19(24)26)18-22-17(27-23-18)11-10-16(25)21-15-7-5-6-12(2)20-15/h5-9H,4,10-11H2,1-3H3,(H,20,21,25). The van der Waals surface area contributed by atoms with Gasteiger partial charge in [-0.1, -0.05) is 11.2 Å². The molecule has 0 radical (unpaired) electrons. The number of carbonyl (C=O) groups excluding carboxylic acids is 1. The van der Waals surface area contributed by atoms with E-state index in [1.807, 2.05) is 39.0 Å². The molecule has 0 saturated heterocycles. The van der Waals surface area contributed by atoms with Gasteiger partial charge in [0.05, 0.1) is 5.56 Å². The molecule has 3 heterocycles. The van der Waals surface area contributed by atoms with Gasteiger partial charge in [0.15, 0.2) is 0 Å². The molecule has 3 aromatic rings. The molecule has 3 rings (SSSR count). The SMILES string of the molecule is CCn1c(C)ccc(-c2noc(CCC(=O)Nc3cccc(C)n3)n2)c1=O. The molecule has 8 nitrogen and oxygen atoms in total. The van der Waals surface area contributed by atoms with Crippen LogP contribution in [0.15, 0.2) is 39.6 Å². The number of nitrogens with zero attached hydrogens (tertiary/aromatic N) is 4. The van der Waals surface area contributed by atoms with Crippen molar-refractivity contribution >= 4 is 11.7 Å². The first kappa shape index (κ1) is 18.5. The molecule has 0 spiro atoms. The summed E-state index contributed by atoms with van der Waals surface area (Å²) >= 11 is 0. The Morgan fingerprint density at radius 3 is 2.74 bits per heavy atom. The van der Waals surface area contributed by atoms with Crippen LogP contribution in [0.4, 0.5) is 5.82 Å². The summed E-state index contributed by atoms with van der Waals surface area (Å²) in [6.07, 6.45) is 0.447. The van der Waals surface area contributed by atoms with Gasteiger partial charge >= 0.3 is 0 Å². The van der Waals surface area contributed by atoms with Crippen LogP contribution in [0.3, 0.4) is 0 Å². The summed E-state index contributed by atoms with van der Waals surface area (Å²) in [4.78, 5) is 33.0. The molecule has 1 N–H and O–H groups in total. The maximum absolute atomic E-state index is 12.5. The van der Waals surface area contributed by atoms with Crippen LogP contribution in [0, 0.1) is 13.8 Å². The summed E-state index contributed by atoms with van der Waals surface area (Å²) in [5.41, 5.74) is 1.92. The van der Waals surface area contributed by atoms with Gasteiger partial charge in [0.1, 0.15) is 5.82 Å². The van der Waals surface area contributed by atoms with E-state index in [4.69, 9.17) is 4.52 Å². The molecule has 0 aliphatic carbocycles.